The van der Waals surface area contributed by atoms with Gasteiger partial charge in [-0.15, -0.1) is 0 Å². The van der Waals surface area contributed by atoms with Gasteiger partial charge in [0, 0.05) is 11.5 Å². The van der Waals surface area contributed by atoms with E-state index in [1.807, 2.05) is 0 Å². The van der Waals surface area contributed by atoms with E-state index in [-0.39, 0.29) is 11.9 Å². The summed E-state index contributed by atoms with van der Waals surface area (Å²) in [4.78, 5) is 24.1. The normalized spacial score (nSPS) is 12.8. The monoisotopic (exact) mass is 576 g/mol. The van der Waals surface area contributed by atoms with Gasteiger partial charge in [0.1, 0.15) is 12.1 Å². The van der Waals surface area contributed by atoms with Crippen LogP contribution in [0.5, 0.6) is 0 Å². The number of unbranched alkanes of at least 4 members (excludes halogenated alkanes) is 18. The van der Waals surface area contributed by atoms with Crippen molar-refractivity contribution in [2.24, 2.45) is 11.5 Å². The van der Waals surface area contributed by atoms with Gasteiger partial charge < -0.3 is 20.9 Å². The SMILES string of the molecule is CCCCCCCCCCCCOC(=O)[C@@H](N)CSSC[C@H](N)C(=O)OCCCCCCCCCCCC. The zero-order chi connectivity index (χ0) is 28.1. The lowest BCUT2D eigenvalue weighted by Crippen LogP contribution is -2.35. The average molecular weight is 577 g/mol. The third kappa shape index (κ3) is 25.8. The first-order chi connectivity index (χ1) is 18.5. The number of hydrogen-bond acceptors (Lipinski definition) is 8. The predicted molar refractivity (Wildman–Crippen MR) is 166 cm³/mol. The Bertz CT molecular complexity index is 494. The van der Waals surface area contributed by atoms with Crippen LogP contribution in [0.25, 0.3) is 0 Å². The summed E-state index contributed by atoms with van der Waals surface area (Å²) in [5.74, 6) is 0.160. The molecule has 0 aromatic rings. The molecule has 226 valence electrons. The summed E-state index contributed by atoms with van der Waals surface area (Å²) in [5, 5.41) is 0. The van der Waals surface area contributed by atoms with E-state index in [4.69, 9.17) is 20.9 Å². The molecule has 0 rings (SSSR count). The fourth-order valence-electron chi connectivity index (χ4n) is 4.12. The van der Waals surface area contributed by atoms with Crippen molar-refractivity contribution in [3.63, 3.8) is 0 Å². The van der Waals surface area contributed by atoms with Crippen molar-refractivity contribution in [2.75, 3.05) is 24.7 Å². The van der Waals surface area contributed by atoms with Crippen LogP contribution in [-0.4, -0.2) is 48.7 Å². The largest absolute Gasteiger partial charge is 0.465 e. The first kappa shape index (κ1) is 37.6. The molecule has 0 heterocycles. The molecule has 0 saturated carbocycles. The molecule has 0 aromatic heterocycles. The van der Waals surface area contributed by atoms with Crippen LogP contribution in [0.1, 0.15) is 142 Å². The molecule has 0 unspecified atom stereocenters. The Kier molecular flexibility index (Phi) is 29.2. The van der Waals surface area contributed by atoms with Gasteiger partial charge in [0.05, 0.1) is 13.2 Å². The maximum absolute atomic E-state index is 12.1. The van der Waals surface area contributed by atoms with Crippen LogP contribution in [0, 0.1) is 0 Å². The highest BCUT2D eigenvalue weighted by Gasteiger charge is 2.18. The smallest absolute Gasteiger partial charge is 0.323 e. The van der Waals surface area contributed by atoms with Crippen molar-refractivity contribution in [1.82, 2.24) is 0 Å². The molecule has 0 spiro atoms. The molecule has 6 nitrogen and oxygen atoms in total. The van der Waals surface area contributed by atoms with Gasteiger partial charge in [0.25, 0.3) is 0 Å². The van der Waals surface area contributed by atoms with Crippen molar-refractivity contribution in [3.8, 4) is 0 Å². The molecule has 0 amide bonds. The Morgan fingerprint density at radius 1 is 0.500 bits per heavy atom. The van der Waals surface area contributed by atoms with Crippen molar-refractivity contribution in [3.05, 3.63) is 0 Å². The van der Waals surface area contributed by atoms with Crippen LogP contribution in [0.2, 0.25) is 0 Å². The predicted octanol–water partition coefficient (Wildman–Crippen LogP) is 7.95. The maximum Gasteiger partial charge on any atom is 0.323 e. The van der Waals surface area contributed by atoms with Crippen LogP contribution in [0.3, 0.4) is 0 Å². The van der Waals surface area contributed by atoms with Crippen LogP contribution in [0.4, 0.5) is 0 Å². The van der Waals surface area contributed by atoms with Crippen molar-refractivity contribution in [2.45, 2.75) is 154 Å². The number of ether oxygens (including phenoxy) is 2. The Balaban J connectivity index is 3.54. The molecule has 0 fully saturated rings. The van der Waals surface area contributed by atoms with Crippen LogP contribution >= 0.6 is 21.6 Å². The highest BCUT2D eigenvalue weighted by molar-refractivity contribution is 8.76. The Hall–Kier alpha value is -0.440. The Morgan fingerprint density at radius 2 is 0.763 bits per heavy atom. The van der Waals surface area contributed by atoms with Crippen molar-refractivity contribution in [1.29, 1.82) is 0 Å². The van der Waals surface area contributed by atoms with Crippen molar-refractivity contribution >= 4 is 33.5 Å². The molecule has 8 heteroatoms. The summed E-state index contributed by atoms with van der Waals surface area (Å²) >= 11 is 0. The summed E-state index contributed by atoms with van der Waals surface area (Å²) in [6.07, 6.45) is 24.9. The lowest BCUT2D eigenvalue weighted by molar-refractivity contribution is -0.145. The lowest BCUT2D eigenvalue weighted by Gasteiger charge is -2.13. The highest BCUT2D eigenvalue weighted by atomic mass is 33.1. The molecule has 0 saturated heterocycles. The number of hydrogen-bond donors (Lipinski definition) is 2. The second-order valence-electron chi connectivity index (χ2n) is 10.5. The van der Waals surface area contributed by atoms with E-state index in [1.165, 1.54) is 124 Å². The fourth-order valence-corrected chi connectivity index (χ4v) is 6.33. The second kappa shape index (κ2) is 29.5. The Labute approximate surface area is 242 Å². The number of carbonyl (C=O) groups excluding carboxylic acids is 2. The molecule has 0 aliphatic rings. The molecule has 0 bridgehead atoms. The van der Waals surface area contributed by atoms with Gasteiger partial charge in [-0.3, -0.25) is 9.59 Å². The minimum atomic E-state index is -0.657. The number of nitrogens with two attached hydrogens (primary N) is 2. The summed E-state index contributed by atoms with van der Waals surface area (Å²) in [6, 6.07) is -1.31. The van der Waals surface area contributed by atoms with Gasteiger partial charge in [-0.25, -0.2) is 0 Å². The van der Waals surface area contributed by atoms with Gasteiger partial charge in [0.2, 0.25) is 0 Å². The first-order valence-electron chi connectivity index (χ1n) is 15.6. The van der Waals surface area contributed by atoms with Gasteiger partial charge in [-0.2, -0.15) is 0 Å². The molecular formula is C30H60N2O4S2. The molecular weight excluding hydrogens is 516 g/mol. The summed E-state index contributed by atoms with van der Waals surface area (Å²) in [5.41, 5.74) is 11.9. The zero-order valence-corrected chi connectivity index (χ0v) is 26.4. The maximum atomic E-state index is 12.1. The van der Waals surface area contributed by atoms with Crippen LogP contribution < -0.4 is 11.5 Å². The second-order valence-corrected chi connectivity index (χ2v) is 13.0. The molecule has 0 aromatic carbocycles. The average Bonchev–Trinajstić information content (AvgIpc) is 2.92. The van der Waals surface area contributed by atoms with Crippen LogP contribution in [-0.2, 0) is 19.1 Å². The third-order valence-corrected chi connectivity index (χ3v) is 9.14. The third-order valence-electron chi connectivity index (χ3n) is 6.67. The zero-order valence-electron chi connectivity index (χ0n) is 24.7. The van der Waals surface area contributed by atoms with Gasteiger partial charge in [0.15, 0.2) is 0 Å². The van der Waals surface area contributed by atoms with Gasteiger partial charge >= 0.3 is 11.9 Å². The van der Waals surface area contributed by atoms with Gasteiger partial charge in [-0.1, -0.05) is 151 Å². The quantitative estimate of drug-likeness (QED) is 0.0525. The number of carbonyl (C=O) groups is 2. The molecule has 4 N–H and O–H groups in total. The standard InChI is InChI=1S/C30H60N2O4S2/c1-3-5-7-9-11-13-15-17-19-21-23-35-29(33)27(31)25-37-38-26-28(32)30(34)36-24-22-20-18-16-14-12-10-8-6-4-2/h27-28H,3-26,31-32H2,1-2H3/t27-,28-/m0/s1. The van der Waals surface area contributed by atoms with E-state index in [0.29, 0.717) is 24.7 Å². The van der Waals surface area contributed by atoms with E-state index in [2.05, 4.69) is 13.8 Å². The molecule has 0 aliphatic heterocycles. The fraction of sp³-hybridized carbons (Fsp3) is 0.933. The van der Waals surface area contributed by atoms with Crippen LogP contribution in [0.15, 0.2) is 0 Å². The molecule has 38 heavy (non-hydrogen) atoms. The van der Waals surface area contributed by atoms with Gasteiger partial charge in [-0.05, 0) is 12.8 Å². The lowest BCUT2D eigenvalue weighted by atomic mass is 10.1. The summed E-state index contributed by atoms with van der Waals surface area (Å²) in [7, 11) is 2.89. The van der Waals surface area contributed by atoms with E-state index >= 15 is 0 Å². The summed E-state index contributed by atoms with van der Waals surface area (Å²) < 4.78 is 10.6. The van der Waals surface area contributed by atoms with Crippen molar-refractivity contribution < 1.29 is 19.1 Å². The minimum Gasteiger partial charge on any atom is -0.465 e. The van der Waals surface area contributed by atoms with E-state index < -0.39 is 12.1 Å². The summed E-state index contributed by atoms with van der Waals surface area (Å²) in [6.45, 7) is 5.37. The molecule has 0 aliphatic carbocycles. The van der Waals surface area contributed by atoms with E-state index in [1.54, 1.807) is 0 Å². The number of rotatable bonds is 29. The minimum absolute atomic E-state index is 0.353. The topological polar surface area (TPSA) is 105 Å². The number of esters is 2. The Morgan fingerprint density at radius 3 is 1.05 bits per heavy atom. The van der Waals surface area contributed by atoms with E-state index in [0.717, 1.165) is 25.7 Å². The molecule has 2 atom stereocenters. The first-order valence-corrected chi connectivity index (χ1v) is 18.1. The highest BCUT2D eigenvalue weighted by Crippen LogP contribution is 2.22. The van der Waals surface area contributed by atoms with E-state index in [9.17, 15) is 9.59 Å². The molecule has 0 radical (unpaired) electrons.